The molecule has 1 aliphatic rings. The lowest BCUT2D eigenvalue weighted by Crippen LogP contribution is -2.44. The number of benzene rings is 2. The Bertz CT molecular complexity index is 877. The van der Waals surface area contributed by atoms with Gasteiger partial charge in [0.25, 0.3) is 5.91 Å². The van der Waals surface area contributed by atoms with Crippen molar-refractivity contribution in [2.24, 2.45) is 5.73 Å². The maximum atomic E-state index is 12.1. The number of hydrogen-bond acceptors (Lipinski definition) is 5. The summed E-state index contributed by atoms with van der Waals surface area (Å²) in [6, 6.07) is 16.8. The van der Waals surface area contributed by atoms with Crippen LogP contribution in [0.15, 0.2) is 59.5 Å². The lowest BCUT2D eigenvalue weighted by Gasteiger charge is -2.34. The van der Waals surface area contributed by atoms with Crippen molar-refractivity contribution in [3.8, 4) is 0 Å². The van der Waals surface area contributed by atoms with Gasteiger partial charge in [0.2, 0.25) is 10.0 Å². The molecule has 1 amide bonds. The second-order valence-corrected chi connectivity index (χ2v) is 8.31. The zero-order valence-corrected chi connectivity index (χ0v) is 15.6. The molecule has 27 heavy (non-hydrogen) atoms. The van der Waals surface area contributed by atoms with Crippen molar-refractivity contribution in [2.75, 3.05) is 18.0 Å². The monoisotopic (exact) mass is 389 g/mol. The van der Waals surface area contributed by atoms with Crippen LogP contribution in [0, 0.1) is 0 Å². The normalized spacial score (nSPS) is 16.9. The van der Waals surface area contributed by atoms with Gasteiger partial charge in [0.15, 0.2) is 6.23 Å². The van der Waals surface area contributed by atoms with E-state index >= 15 is 0 Å². The highest BCUT2D eigenvalue weighted by Crippen LogP contribution is 2.30. The average molecular weight is 389 g/mol. The molecule has 1 atom stereocenters. The minimum atomic E-state index is -4.02. The summed E-state index contributed by atoms with van der Waals surface area (Å²) in [7, 11) is -4.02. The molecule has 1 unspecified atom stereocenters. The number of carbonyl (C=O) groups is 1. The molecule has 0 aliphatic carbocycles. The van der Waals surface area contributed by atoms with Gasteiger partial charge in [-0.1, -0.05) is 30.3 Å². The minimum absolute atomic E-state index is 0.0364. The van der Waals surface area contributed by atoms with Gasteiger partial charge in [-0.2, -0.15) is 4.72 Å². The van der Waals surface area contributed by atoms with Crippen LogP contribution in [0.3, 0.4) is 0 Å². The van der Waals surface area contributed by atoms with Gasteiger partial charge in [-0.25, -0.2) is 8.42 Å². The standard InChI is InChI=1S/C19H23N3O4S/c20-18(23)19(24)21-27(25,26)17-8-6-16(7-9-17)22-12-10-15(11-13-22)14-4-2-1-3-5-14/h1-9,15,19,21,24H,10-13H2,(H2,20,23). The molecule has 1 aliphatic heterocycles. The van der Waals surface area contributed by atoms with Crippen molar-refractivity contribution in [3.05, 3.63) is 60.2 Å². The summed E-state index contributed by atoms with van der Waals surface area (Å²) < 4.78 is 26.1. The minimum Gasteiger partial charge on any atom is -0.371 e. The van der Waals surface area contributed by atoms with E-state index in [9.17, 15) is 18.3 Å². The van der Waals surface area contributed by atoms with Crippen LogP contribution >= 0.6 is 0 Å². The lowest BCUT2D eigenvalue weighted by atomic mass is 9.89. The number of carbonyl (C=O) groups excluding carboxylic acids is 1. The average Bonchev–Trinajstić information content (AvgIpc) is 2.68. The van der Waals surface area contributed by atoms with Crippen LogP contribution in [0.1, 0.15) is 24.3 Å². The van der Waals surface area contributed by atoms with Gasteiger partial charge in [0, 0.05) is 18.8 Å². The molecule has 144 valence electrons. The van der Waals surface area contributed by atoms with E-state index in [1.54, 1.807) is 12.1 Å². The number of rotatable bonds is 6. The molecule has 0 radical (unpaired) electrons. The maximum absolute atomic E-state index is 12.1. The van der Waals surface area contributed by atoms with Crippen molar-refractivity contribution < 1.29 is 18.3 Å². The summed E-state index contributed by atoms with van der Waals surface area (Å²) in [5, 5.41) is 9.33. The number of piperidine rings is 1. The van der Waals surface area contributed by atoms with E-state index in [-0.39, 0.29) is 4.90 Å². The molecule has 2 aromatic carbocycles. The van der Waals surface area contributed by atoms with Gasteiger partial charge in [0.1, 0.15) is 0 Å². The molecular formula is C19H23N3O4S. The largest absolute Gasteiger partial charge is 0.371 e. The van der Waals surface area contributed by atoms with Crippen LogP contribution in [0.2, 0.25) is 0 Å². The SMILES string of the molecule is NC(=O)C(O)NS(=O)(=O)c1ccc(N2CCC(c3ccccc3)CC2)cc1. The molecule has 0 saturated carbocycles. The lowest BCUT2D eigenvalue weighted by molar-refractivity contribution is -0.126. The first-order valence-electron chi connectivity index (χ1n) is 8.76. The molecule has 7 nitrogen and oxygen atoms in total. The van der Waals surface area contributed by atoms with E-state index in [1.807, 2.05) is 10.8 Å². The van der Waals surface area contributed by atoms with Gasteiger partial charge in [-0.3, -0.25) is 4.79 Å². The van der Waals surface area contributed by atoms with E-state index in [0.717, 1.165) is 31.6 Å². The number of primary amides is 1. The van der Waals surface area contributed by atoms with E-state index < -0.39 is 22.2 Å². The fourth-order valence-electron chi connectivity index (χ4n) is 3.31. The van der Waals surface area contributed by atoms with Crippen molar-refractivity contribution in [3.63, 3.8) is 0 Å². The fraction of sp³-hybridized carbons (Fsp3) is 0.316. The van der Waals surface area contributed by atoms with Crippen molar-refractivity contribution >= 4 is 21.6 Å². The highest BCUT2D eigenvalue weighted by Gasteiger charge is 2.23. The number of nitrogens with two attached hydrogens (primary N) is 1. The topological polar surface area (TPSA) is 113 Å². The Morgan fingerprint density at radius 2 is 1.67 bits per heavy atom. The summed E-state index contributed by atoms with van der Waals surface area (Å²) in [5.74, 6) is -0.613. The van der Waals surface area contributed by atoms with Crippen molar-refractivity contribution in [2.45, 2.75) is 29.9 Å². The number of sulfonamides is 1. The zero-order valence-electron chi connectivity index (χ0n) is 14.8. The molecule has 1 saturated heterocycles. The molecule has 1 heterocycles. The Balaban J connectivity index is 1.64. The van der Waals surface area contributed by atoms with Crippen LogP contribution in [-0.2, 0) is 14.8 Å². The highest BCUT2D eigenvalue weighted by atomic mass is 32.2. The quantitative estimate of drug-likeness (QED) is 0.642. The number of anilines is 1. The van der Waals surface area contributed by atoms with Crippen LogP contribution in [0.5, 0.6) is 0 Å². The molecule has 2 aromatic rings. The summed E-state index contributed by atoms with van der Waals surface area (Å²) in [6.45, 7) is 1.79. The Hall–Kier alpha value is -2.42. The molecule has 4 N–H and O–H groups in total. The number of nitrogens with zero attached hydrogens (tertiary/aromatic N) is 1. The Kier molecular flexibility index (Phi) is 5.79. The van der Waals surface area contributed by atoms with Crippen molar-refractivity contribution in [1.29, 1.82) is 0 Å². The smallest absolute Gasteiger partial charge is 0.262 e. The van der Waals surface area contributed by atoms with E-state index in [1.165, 1.54) is 17.7 Å². The first-order chi connectivity index (χ1) is 12.9. The highest BCUT2D eigenvalue weighted by molar-refractivity contribution is 7.89. The van der Waals surface area contributed by atoms with E-state index in [2.05, 4.69) is 29.2 Å². The van der Waals surface area contributed by atoms with Crippen LogP contribution in [0.25, 0.3) is 0 Å². The number of aliphatic hydroxyl groups excluding tert-OH is 1. The van der Waals surface area contributed by atoms with Crippen LogP contribution in [-0.4, -0.2) is 38.7 Å². The number of aliphatic hydroxyl groups is 1. The Morgan fingerprint density at radius 1 is 1.07 bits per heavy atom. The van der Waals surface area contributed by atoms with Crippen LogP contribution < -0.4 is 15.4 Å². The fourth-order valence-corrected chi connectivity index (χ4v) is 4.35. The third-order valence-corrected chi connectivity index (χ3v) is 6.24. The second kappa shape index (κ2) is 8.08. The third-order valence-electron chi connectivity index (χ3n) is 4.81. The van der Waals surface area contributed by atoms with E-state index in [4.69, 9.17) is 5.73 Å². The first kappa shape index (κ1) is 19.3. The molecule has 0 aromatic heterocycles. The van der Waals surface area contributed by atoms with Gasteiger partial charge in [-0.05, 0) is 48.6 Å². The molecule has 0 bridgehead atoms. The predicted molar refractivity (Wildman–Crippen MR) is 103 cm³/mol. The predicted octanol–water partition coefficient (Wildman–Crippen LogP) is 1.15. The summed E-state index contributed by atoms with van der Waals surface area (Å²) in [5.41, 5.74) is 7.17. The van der Waals surface area contributed by atoms with Gasteiger partial charge in [-0.15, -0.1) is 0 Å². The Morgan fingerprint density at radius 3 is 2.22 bits per heavy atom. The van der Waals surface area contributed by atoms with Gasteiger partial charge >= 0.3 is 0 Å². The molecule has 0 spiro atoms. The number of nitrogens with one attached hydrogen (secondary N) is 1. The van der Waals surface area contributed by atoms with Crippen LogP contribution in [0.4, 0.5) is 5.69 Å². The Labute approximate surface area is 158 Å². The molecule has 3 rings (SSSR count). The third kappa shape index (κ3) is 4.65. The number of amides is 1. The van der Waals surface area contributed by atoms with Gasteiger partial charge < -0.3 is 15.7 Å². The summed E-state index contributed by atoms with van der Waals surface area (Å²) >= 11 is 0. The molecule has 1 fully saturated rings. The number of hydrogen-bond donors (Lipinski definition) is 3. The first-order valence-corrected chi connectivity index (χ1v) is 10.2. The molecular weight excluding hydrogens is 366 g/mol. The summed E-state index contributed by atoms with van der Waals surface area (Å²) in [4.78, 5) is 13.0. The molecule has 8 heteroatoms. The summed E-state index contributed by atoms with van der Waals surface area (Å²) in [6.07, 6.45) is 0.124. The van der Waals surface area contributed by atoms with Crippen molar-refractivity contribution in [1.82, 2.24) is 4.72 Å². The second-order valence-electron chi connectivity index (χ2n) is 6.59. The maximum Gasteiger partial charge on any atom is 0.262 e. The zero-order chi connectivity index (χ0) is 19.4. The van der Waals surface area contributed by atoms with Gasteiger partial charge in [0.05, 0.1) is 4.90 Å². The van der Waals surface area contributed by atoms with E-state index in [0.29, 0.717) is 5.92 Å².